The maximum Gasteiger partial charge on any atom is 0.303 e. The Bertz CT molecular complexity index is 269. The summed E-state index contributed by atoms with van der Waals surface area (Å²) in [6, 6.07) is 0. The van der Waals surface area contributed by atoms with Crippen molar-refractivity contribution in [2.45, 2.75) is 44.9 Å². The third kappa shape index (κ3) is 4.00. The average molecular weight is 242 g/mol. The van der Waals surface area contributed by atoms with Crippen molar-refractivity contribution < 1.29 is 14.7 Å². The van der Waals surface area contributed by atoms with E-state index in [1.807, 2.05) is 0 Å². The molecule has 0 heterocycles. The van der Waals surface area contributed by atoms with Crippen LogP contribution in [0.1, 0.15) is 44.9 Å². The summed E-state index contributed by atoms with van der Waals surface area (Å²) in [5, 5.41) is 11.4. The first-order chi connectivity index (χ1) is 8.10. The summed E-state index contributed by atoms with van der Waals surface area (Å²) in [4.78, 5) is 22.1. The maximum absolute atomic E-state index is 11.8. The molecule has 0 aromatic heterocycles. The SMILES string of the molecule is NCC1(C(=O)NCCCCCC(=O)O)CCC1. The molecule has 0 aliphatic heterocycles. The lowest BCUT2D eigenvalue weighted by Gasteiger charge is -2.39. The monoisotopic (exact) mass is 242 g/mol. The van der Waals surface area contributed by atoms with Crippen molar-refractivity contribution in [2.75, 3.05) is 13.1 Å². The van der Waals surface area contributed by atoms with Crippen LogP contribution in [0.2, 0.25) is 0 Å². The number of hydrogen-bond donors (Lipinski definition) is 3. The second-order valence-corrected chi connectivity index (χ2v) is 4.80. The molecule has 1 fully saturated rings. The highest BCUT2D eigenvalue weighted by Crippen LogP contribution is 2.39. The van der Waals surface area contributed by atoms with Crippen molar-refractivity contribution in [3.05, 3.63) is 0 Å². The molecule has 1 rings (SSSR count). The third-order valence-electron chi connectivity index (χ3n) is 3.54. The number of carbonyl (C=O) groups excluding carboxylic acids is 1. The fourth-order valence-corrected chi connectivity index (χ4v) is 2.09. The predicted octanol–water partition coefficient (Wildman–Crippen LogP) is 0.877. The summed E-state index contributed by atoms with van der Waals surface area (Å²) in [5.74, 6) is -0.685. The molecule has 1 amide bonds. The lowest BCUT2D eigenvalue weighted by molar-refractivity contribution is -0.137. The molecule has 5 heteroatoms. The van der Waals surface area contributed by atoms with Crippen molar-refractivity contribution in [2.24, 2.45) is 11.1 Å². The molecule has 0 unspecified atom stereocenters. The Balaban J connectivity index is 2.06. The van der Waals surface area contributed by atoms with Gasteiger partial charge in [0.05, 0.1) is 5.41 Å². The molecular weight excluding hydrogens is 220 g/mol. The van der Waals surface area contributed by atoms with Crippen molar-refractivity contribution in [1.82, 2.24) is 5.32 Å². The number of rotatable bonds is 8. The van der Waals surface area contributed by atoms with Crippen LogP contribution in [0.15, 0.2) is 0 Å². The quantitative estimate of drug-likeness (QED) is 0.551. The van der Waals surface area contributed by atoms with Gasteiger partial charge >= 0.3 is 5.97 Å². The highest BCUT2D eigenvalue weighted by molar-refractivity contribution is 5.83. The Hall–Kier alpha value is -1.10. The van der Waals surface area contributed by atoms with E-state index < -0.39 is 5.97 Å². The number of nitrogens with one attached hydrogen (secondary N) is 1. The number of carbonyl (C=O) groups is 2. The Labute approximate surface area is 102 Å². The summed E-state index contributed by atoms with van der Waals surface area (Å²) < 4.78 is 0. The molecule has 0 aromatic rings. The van der Waals surface area contributed by atoms with Crippen LogP contribution in [0.4, 0.5) is 0 Å². The Morgan fingerprint density at radius 3 is 2.41 bits per heavy atom. The number of unbranched alkanes of at least 4 members (excludes halogenated alkanes) is 2. The van der Waals surface area contributed by atoms with E-state index in [1.165, 1.54) is 0 Å². The summed E-state index contributed by atoms with van der Waals surface area (Å²) in [6.07, 6.45) is 5.43. The minimum absolute atomic E-state index is 0.0736. The minimum atomic E-state index is -0.759. The molecule has 0 saturated heterocycles. The summed E-state index contributed by atoms with van der Waals surface area (Å²) in [6.45, 7) is 1.05. The molecule has 98 valence electrons. The topological polar surface area (TPSA) is 92.4 Å². The third-order valence-corrected chi connectivity index (χ3v) is 3.54. The number of nitrogens with two attached hydrogens (primary N) is 1. The van der Waals surface area contributed by atoms with Crippen LogP contribution in [0, 0.1) is 5.41 Å². The van der Waals surface area contributed by atoms with E-state index in [0.29, 0.717) is 19.5 Å². The molecule has 0 bridgehead atoms. The number of carboxylic acid groups (broad SMARTS) is 1. The summed E-state index contributed by atoms with van der Waals surface area (Å²) in [5.41, 5.74) is 5.32. The van der Waals surface area contributed by atoms with Gasteiger partial charge in [0.25, 0.3) is 0 Å². The standard InChI is InChI=1S/C12H22N2O3/c13-9-12(6-4-7-12)11(17)14-8-3-1-2-5-10(15)16/h1-9,13H2,(H,14,17)(H,15,16). The molecule has 4 N–H and O–H groups in total. The molecule has 0 aromatic carbocycles. The van der Waals surface area contributed by atoms with Gasteiger partial charge in [0.2, 0.25) is 5.91 Å². The van der Waals surface area contributed by atoms with Crippen LogP contribution < -0.4 is 11.1 Å². The van der Waals surface area contributed by atoms with Crippen LogP contribution in [0.3, 0.4) is 0 Å². The first-order valence-corrected chi connectivity index (χ1v) is 6.31. The highest BCUT2D eigenvalue weighted by atomic mass is 16.4. The molecule has 0 spiro atoms. The Morgan fingerprint density at radius 2 is 1.94 bits per heavy atom. The van der Waals surface area contributed by atoms with Gasteiger partial charge in [0.1, 0.15) is 0 Å². The fraction of sp³-hybridized carbons (Fsp3) is 0.833. The summed E-state index contributed by atoms with van der Waals surface area (Å²) in [7, 11) is 0. The van der Waals surface area contributed by atoms with Crippen molar-refractivity contribution in [1.29, 1.82) is 0 Å². The van der Waals surface area contributed by atoms with Gasteiger partial charge in [-0.25, -0.2) is 0 Å². The molecule has 0 atom stereocenters. The van der Waals surface area contributed by atoms with Crippen LogP contribution in [-0.4, -0.2) is 30.1 Å². The summed E-state index contributed by atoms with van der Waals surface area (Å²) >= 11 is 0. The van der Waals surface area contributed by atoms with Gasteiger partial charge in [-0.3, -0.25) is 9.59 Å². The van der Waals surface area contributed by atoms with E-state index in [2.05, 4.69) is 5.32 Å². The van der Waals surface area contributed by atoms with Crippen LogP contribution in [0.5, 0.6) is 0 Å². The van der Waals surface area contributed by atoms with Gasteiger partial charge < -0.3 is 16.2 Å². The second kappa shape index (κ2) is 6.59. The number of hydrogen-bond acceptors (Lipinski definition) is 3. The van der Waals surface area contributed by atoms with Gasteiger partial charge in [0, 0.05) is 19.5 Å². The van der Waals surface area contributed by atoms with Crippen LogP contribution >= 0.6 is 0 Å². The van der Waals surface area contributed by atoms with E-state index >= 15 is 0 Å². The van der Waals surface area contributed by atoms with E-state index in [9.17, 15) is 9.59 Å². The molecule has 1 aliphatic carbocycles. The van der Waals surface area contributed by atoms with Crippen molar-refractivity contribution >= 4 is 11.9 Å². The van der Waals surface area contributed by atoms with Crippen molar-refractivity contribution in [3.63, 3.8) is 0 Å². The molecule has 0 radical (unpaired) electrons. The van der Waals surface area contributed by atoms with Gasteiger partial charge in [-0.1, -0.05) is 12.8 Å². The van der Waals surface area contributed by atoms with E-state index in [0.717, 1.165) is 32.1 Å². The van der Waals surface area contributed by atoms with E-state index in [-0.39, 0.29) is 17.7 Å². The van der Waals surface area contributed by atoms with E-state index in [4.69, 9.17) is 10.8 Å². The maximum atomic E-state index is 11.8. The number of amides is 1. The van der Waals surface area contributed by atoms with Gasteiger partial charge in [-0.2, -0.15) is 0 Å². The lowest BCUT2D eigenvalue weighted by Crippen LogP contribution is -2.50. The fourth-order valence-electron chi connectivity index (χ4n) is 2.09. The highest BCUT2D eigenvalue weighted by Gasteiger charge is 2.42. The normalized spacial score (nSPS) is 17.2. The number of carboxylic acids is 1. The van der Waals surface area contributed by atoms with Gasteiger partial charge in [-0.15, -0.1) is 0 Å². The smallest absolute Gasteiger partial charge is 0.303 e. The molecule has 1 saturated carbocycles. The zero-order chi connectivity index (χ0) is 12.7. The van der Waals surface area contributed by atoms with E-state index in [1.54, 1.807) is 0 Å². The minimum Gasteiger partial charge on any atom is -0.481 e. The van der Waals surface area contributed by atoms with Gasteiger partial charge in [-0.05, 0) is 25.7 Å². The Kier molecular flexibility index (Phi) is 5.41. The zero-order valence-electron chi connectivity index (χ0n) is 10.2. The first kappa shape index (κ1) is 14.0. The molecule has 1 aliphatic rings. The first-order valence-electron chi connectivity index (χ1n) is 6.31. The van der Waals surface area contributed by atoms with Crippen LogP contribution in [0.25, 0.3) is 0 Å². The van der Waals surface area contributed by atoms with Crippen LogP contribution in [-0.2, 0) is 9.59 Å². The average Bonchev–Trinajstić information content (AvgIpc) is 2.22. The number of aliphatic carboxylic acids is 1. The predicted molar refractivity (Wildman–Crippen MR) is 64.5 cm³/mol. The Morgan fingerprint density at radius 1 is 1.24 bits per heavy atom. The lowest BCUT2D eigenvalue weighted by atomic mass is 9.68. The van der Waals surface area contributed by atoms with Crippen molar-refractivity contribution in [3.8, 4) is 0 Å². The zero-order valence-corrected chi connectivity index (χ0v) is 10.2. The second-order valence-electron chi connectivity index (χ2n) is 4.80. The molecule has 5 nitrogen and oxygen atoms in total. The van der Waals surface area contributed by atoms with Gasteiger partial charge in [0.15, 0.2) is 0 Å². The largest absolute Gasteiger partial charge is 0.481 e. The molecule has 17 heavy (non-hydrogen) atoms. The molecular formula is C12H22N2O3.